The second kappa shape index (κ2) is 5.69. The Kier molecular flexibility index (Phi) is 3.99. The van der Waals surface area contributed by atoms with Gasteiger partial charge in [-0.2, -0.15) is 5.10 Å². The van der Waals surface area contributed by atoms with Gasteiger partial charge in [0, 0.05) is 37.5 Å². The van der Waals surface area contributed by atoms with Crippen LogP contribution in [0.1, 0.15) is 23.9 Å². The summed E-state index contributed by atoms with van der Waals surface area (Å²) < 4.78 is 1.90. The van der Waals surface area contributed by atoms with Crippen LogP contribution in [0, 0.1) is 13.8 Å². The van der Waals surface area contributed by atoms with E-state index in [1.807, 2.05) is 31.6 Å². The maximum absolute atomic E-state index is 4.40. The van der Waals surface area contributed by atoms with Gasteiger partial charge in [-0.25, -0.2) is 9.97 Å². The minimum Gasteiger partial charge on any atom is -0.370 e. The number of hydrogen-bond acceptors (Lipinski definition) is 5. The van der Waals surface area contributed by atoms with Crippen molar-refractivity contribution in [2.24, 2.45) is 7.05 Å². The maximum Gasteiger partial charge on any atom is 0.131 e. The van der Waals surface area contributed by atoms with E-state index < -0.39 is 0 Å². The summed E-state index contributed by atoms with van der Waals surface area (Å²) in [6, 6.07) is 1.91. The van der Waals surface area contributed by atoms with Crippen LogP contribution < -0.4 is 10.6 Å². The SMILES string of the molecule is CCNc1cc(NCc2c(C)nn(C)c2C)ncn1. The van der Waals surface area contributed by atoms with E-state index in [1.165, 1.54) is 11.3 Å². The van der Waals surface area contributed by atoms with Crippen LogP contribution in [-0.4, -0.2) is 26.3 Å². The predicted molar refractivity (Wildman–Crippen MR) is 76.2 cm³/mol. The van der Waals surface area contributed by atoms with Crippen LogP contribution in [0.4, 0.5) is 11.6 Å². The summed E-state index contributed by atoms with van der Waals surface area (Å²) in [6.45, 7) is 7.69. The smallest absolute Gasteiger partial charge is 0.131 e. The van der Waals surface area contributed by atoms with E-state index >= 15 is 0 Å². The first-order chi connectivity index (χ1) is 9.11. The first-order valence-corrected chi connectivity index (χ1v) is 6.40. The quantitative estimate of drug-likeness (QED) is 0.859. The second-order valence-corrected chi connectivity index (χ2v) is 4.45. The molecule has 0 saturated carbocycles. The lowest BCUT2D eigenvalue weighted by molar-refractivity contribution is 0.730. The van der Waals surface area contributed by atoms with Crippen LogP contribution in [0.25, 0.3) is 0 Å². The lowest BCUT2D eigenvalue weighted by atomic mass is 10.2. The fourth-order valence-corrected chi connectivity index (χ4v) is 1.98. The largest absolute Gasteiger partial charge is 0.370 e. The highest BCUT2D eigenvalue weighted by Gasteiger charge is 2.09. The standard InChI is InChI=1S/C13H20N6/c1-5-14-12-6-13(17-8-16-12)15-7-11-9(2)18-19(4)10(11)3/h6,8H,5,7H2,1-4H3,(H2,14,15,16,17). The Labute approximate surface area is 113 Å². The van der Waals surface area contributed by atoms with Crippen molar-refractivity contribution in [1.29, 1.82) is 0 Å². The number of aromatic nitrogens is 4. The Morgan fingerprint density at radius 3 is 2.42 bits per heavy atom. The zero-order valence-corrected chi connectivity index (χ0v) is 11.9. The predicted octanol–water partition coefficient (Wildman–Crippen LogP) is 1.87. The summed E-state index contributed by atoms with van der Waals surface area (Å²) in [6.07, 6.45) is 1.56. The summed E-state index contributed by atoms with van der Waals surface area (Å²) in [4.78, 5) is 8.36. The molecule has 0 aliphatic heterocycles. The molecular weight excluding hydrogens is 240 g/mol. The van der Waals surface area contributed by atoms with Gasteiger partial charge in [-0.3, -0.25) is 4.68 Å². The molecule has 19 heavy (non-hydrogen) atoms. The molecule has 0 bridgehead atoms. The number of anilines is 2. The first-order valence-electron chi connectivity index (χ1n) is 6.40. The normalized spacial score (nSPS) is 10.5. The summed E-state index contributed by atoms with van der Waals surface area (Å²) in [5.74, 6) is 1.65. The Hall–Kier alpha value is -2.11. The Morgan fingerprint density at radius 1 is 1.16 bits per heavy atom. The Morgan fingerprint density at radius 2 is 1.84 bits per heavy atom. The van der Waals surface area contributed by atoms with Crippen molar-refractivity contribution in [1.82, 2.24) is 19.7 Å². The number of hydrogen-bond donors (Lipinski definition) is 2. The van der Waals surface area contributed by atoms with Gasteiger partial charge in [0.25, 0.3) is 0 Å². The van der Waals surface area contributed by atoms with Crippen LogP contribution in [0.5, 0.6) is 0 Å². The van der Waals surface area contributed by atoms with Gasteiger partial charge in [-0.05, 0) is 20.8 Å². The number of nitrogens with zero attached hydrogens (tertiary/aromatic N) is 4. The molecule has 2 heterocycles. The third kappa shape index (κ3) is 3.01. The maximum atomic E-state index is 4.40. The molecule has 0 spiro atoms. The Bertz CT molecular complexity index is 560. The molecule has 2 rings (SSSR count). The van der Waals surface area contributed by atoms with E-state index in [0.29, 0.717) is 6.54 Å². The molecule has 0 atom stereocenters. The molecule has 6 heteroatoms. The highest BCUT2D eigenvalue weighted by Crippen LogP contribution is 2.15. The van der Waals surface area contributed by atoms with E-state index in [9.17, 15) is 0 Å². The molecule has 102 valence electrons. The molecule has 0 radical (unpaired) electrons. The van der Waals surface area contributed by atoms with Gasteiger partial charge in [0.05, 0.1) is 5.69 Å². The minimum absolute atomic E-state index is 0.716. The van der Waals surface area contributed by atoms with Crippen LogP contribution in [-0.2, 0) is 13.6 Å². The molecule has 2 aromatic rings. The zero-order chi connectivity index (χ0) is 13.8. The van der Waals surface area contributed by atoms with Crippen molar-refractivity contribution in [2.75, 3.05) is 17.2 Å². The van der Waals surface area contributed by atoms with Crippen molar-refractivity contribution >= 4 is 11.6 Å². The fraction of sp³-hybridized carbons (Fsp3) is 0.462. The Balaban J connectivity index is 2.08. The van der Waals surface area contributed by atoms with Gasteiger partial charge in [0.2, 0.25) is 0 Å². The van der Waals surface area contributed by atoms with Gasteiger partial charge < -0.3 is 10.6 Å². The van der Waals surface area contributed by atoms with E-state index in [0.717, 1.165) is 23.9 Å². The van der Waals surface area contributed by atoms with E-state index in [4.69, 9.17) is 0 Å². The van der Waals surface area contributed by atoms with Crippen LogP contribution in [0.15, 0.2) is 12.4 Å². The summed E-state index contributed by atoms with van der Waals surface area (Å²) in [7, 11) is 1.96. The van der Waals surface area contributed by atoms with Crippen molar-refractivity contribution in [3.63, 3.8) is 0 Å². The molecular formula is C13H20N6. The molecule has 0 aliphatic carbocycles. The molecule has 6 nitrogen and oxygen atoms in total. The van der Waals surface area contributed by atoms with Crippen molar-refractivity contribution in [2.45, 2.75) is 27.3 Å². The van der Waals surface area contributed by atoms with Gasteiger partial charge >= 0.3 is 0 Å². The van der Waals surface area contributed by atoms with Gasteiger partial charge in [-0.15, -0.1) is 0 Å². The average molecular weight is 260 g/mol. The molecule has 0 aromatic carbocycles. The van der Waals surface area contributed by atoms with Gasteiger partial charge in [0.15, 0.2) is 0 Å². The molecule has 2 N–H and O–H groups in total. The van der Waals surface area contributed by atoms with Gasteiger partial charge in [-0.1, -0.05) is 0 Å². The lowest BCUT2D eigenvalue weighted by Gasteiger charge is -2.08. The first kappa shape index (κ1) is 13.3. The number of aryl methyl sites for hydroxylation is 2. The van der Waals surface area contributed by atoms with E-state index in [1.54, 1.807) is 6.33 Å². The van der Waals surface area contributed by atoms with E-state index in [2.05, 4.69) is 32.6 Å². The highest BCUT2D eigenvalue weighted by molar-refractivity contribution is 5.47. The summed E-state index contributed by atoms with van der Waals surface area (Å²) in [5.41, 5.74) is 3.44. The average Bonchev–Trinajstić information content (AvgIpc) is 2.62. The topological polar surface area (TPSA) is 67.7 Å². The van der Waals surface area contributed by atoms with Crippen LogP contribution >= 0.6 is 0 Å². The van der Waals surface area contributed by atoms with Crippen molar-refractivity contribution in [3.05, 3.63) is 29.3 Å². The van der Waals surface area contributed by atoms with Crippen LogP contribution in [0.2, 0.25) is 0 Å². The lowest BCUT2D eigenvalue weighted by Crippen LogP contribution is -2.06. The highest BCUT2D eigenvalue weighted by atomic mass is 15.3. The van der Waals surface area contributed by atoms with Crippen LogP contribution in [0.3, 0.4) is 0 Å². The third-order valence-electron chi connectivity index (χ3n) is 3.13. The van der Waals surface area contributed by atoms with E-state index in [-0.39, 0.29) is 0 Å². The summed E-state index contributed by atoms with van der Waals surface area (Å²) in [5, 5.41) is 10.9. The zero-order valence-electron chi connectivity index (χ0n) is 11.9. The molecule has 0 unspecified atom stereocenters. The number of rotatable bonds is 5. The third-order valence-corrected chi connectivity index (χ3v) is 3.13. The molecule has 0 saturated heterocycles. The molecule has 2 aromatic heterocycles. The fourth-order valence-electron chi connectivity index (χ4n) is 1.98. The van der Waals surface area contributed by atoms with Gasteiger partial charge in [0.1, 0.15) is 18.0 Å². The molecule has 0 amide bonds. The van der Waals surface area contributed by atoms with Crippen molar-refractivity contribution < 1.29 is 0 Å². The summed E-state index contributed by atoms with van der Waals surface area (Å²) >= 11 is 0. The second-order valence-electron chi connectivity index (χ2n) is 4.45. The minimum atomic E-state index is 0.716. The number of nitrogens with one attached hydrogen (secondary N) is 2. The molecule has 0 aliphatic rings. The molecule has 0 fully saturated rings. The van der Waals surface area contributed by atoms with Crippen molar-refractivity contribution in [3.8, 4) is 0 Å². The monoisotopic (exact) mass is 260 g/mol.